The van der Waals surface area contributed by atoms with E-state index in [1.54, 1.807) is 43.9 Å². The lowest BCUT2D eigenvalue weighted by Crippen LogP contribution is -2.23. The Morgan fingerprint density at radius 2 is 1.56 bits per heavy atom. The van der Waals surface area contributed by atoms with Crippen molar-refractivity contribution in [1.82, 2.24) is 19.7 Å². The van der Waals surface area contributed by atoms with E-state index in [0.717, 1.165) is 21.9 Å². The lowest BCUT2D eigenvalue weighted by atomic mass is 9.90. The number of hydrogen-bond acceptors (Lipinski definition) is 8. The first-order valence-electron chi connectivity index (χ1n) is 15.0. The van der Waals surface area contributed by atoms with E-state index in [0.29, 0.717) is 62.6 Å². The molecule has 3 aromatic heterocycles. The number of nitrogens with zero attached hydrogens (tertiary/aromatic N) is 4. The quantitative estimate of drug-likeness (QED) is 0.177. The second kappa shape index (κ2) is 14.0. The number of aliphatic hydroxyl groups excluding tert-OH is 2. The molecule has 10 heteroatoms. The molecule has 0 saturated carbocycles. The number of benzene rings is 4. The van der Waals surface area contributed by atoms with Gasteiger partial charge in [0.25, 0.3) is 5.56 Å². The van der Waals surface area contributed by atoms with Gasteiger partial charge in [0.05, 0.1) is 25.7 Å². The maximum Gasteiger partial charge on any atom is 0.280 e. The summed E-state index contributed by atoms with van der Waals surface area (Å²) < 4.78 is 13.2. The van der Waals surface area contributed by atoms with Crippen molar-refractivity contribution in [1.29, 1.82) is 0 Å². The lowest BCUT2D eigenvalue weighted by molar-refractivity contribution is 0.260. The van der Waals surface area contributed by atoms with E-state index in [2.05, 4.69) is 9.97 Å². The van der Waals surface area contributed by atoms with E-state index in [9.17, 15) is 15.0 Å². The molecule has 9 nitrogen and oxygen atoms in total. The van der Waals surface area contributed by atoms with E-state index >= 15 is 0 Å². The Bertz CT molecular complexity index is 2300. The first kappa shape index (κ1) is 32.3. The number of halogens is 1. The van der Waals surface area contributed by atoms with Crippen LogP contribution >= 0.6 is 12.4 Å². The summed E-state index contributed by atoms with van der Waals surface area (Å²) in [6, 6.07) is 30.0. The minimum atomic E-state index is -0.329. The molecule has 240 valence electrons. The number of methoxy groups -OCH3 is 1. The number of hydrogen-bond donors (Lipinski definition) is 2. The number of fused-ring (bicyclic) bond motifs is 2. The van der Waals surface area contributed by atoms with Crippen molar-refractivity contribution in [3.8, 4) is 39.7 Å². The molecule has 0 radical (unpaired) electrons. The number of pyridine rings is 2. The Balaban J connectivity index is 0.00000401. The van der Waals surface area contributed by atoms with Crippen LogP contribution in [0, 0.1) is 0 Å². The number of rotatable bonds is 9. The summed E-state index contributed by atoms with van der Waals surface area (Å²) in [4.78, 5) is 22.6. The maximum atomic E-state index is 13.8. The number of aliphatic hydroxyl groups is 2. The molecule has 7 aromatic rings. The minimum absolute atomic E-state index is 0. The molecule has 0 aliphatic carbocycles. The Labute approximate surface area is 282 Å². The van der Waals surface area contributed by atoms with E-state index in [-0.39, 0.29) is 31.2 Å². The normalized spacial score (nSPS) is 11.0. The van der Waals surface area contributed by atoms with Crippen LogP contribution in [0.3, 0.4) is 0 Å². The van der Waals surface area contributed by atoms with Gasteiger partial charge in [0.15, 0.2) is 17.3 Å². The van der Waals surface area contributed by atoms with Crippen LogP contribution in [0.1, 0.15) is 16.7 Å². The van der Waals surface area contributed by atoms with E-state index in [1.807, 2.05) is 78.9 Å². The highest BCUT2D eigenvalue weighted by Crippen LogP contribution is 2.41. The Hall–Kier alpha value is -5.61. The second-order valence-corrected chi connectivity index (χ2v) is 11.0. The monoisotopic (exact) mass is 658 g/mol. The summed E-state index contributed by atoms with van der Waals surface area (Å²) in [5.74, 6) is 1.35. The number of aromatic nitrogens is 4. The zero-order chi connectivity index (χ0) is 32.3. The zero-order valence-corrected chi connectivity index (χ0v) is 26.7. The van der Waals surface area contributed by atoms with Crippen molar-refractivity contribution in [2.24, 2.45) is 0 Å². The molecule has 0 saturated heterocycles. The summed E-state index contributed by atoms with van der Waals surface area (Å²) in [5, 5.41) is 28.5. The molecule has 0 spiro atoms. The first-order chi connectivity index (χ1) is 23.1. The Morgan fingerprint density at radius 1 is 0.771 bits per heavy atom. The molecule has 0 amide bonds. The van der Waals surface area contributed by atoms with Crippen LogP contribution in [0.25, 0.3) is 49.7 Å². The highest BCUT2D eigenvalue weighted by Gasteiger charge is 2.20. The molecule has 0 unspecified atom stereocenters. The molecule has 0 aliphatic rings. The summed E-state index contributed by atoms with van der Waals surface area (Å²) in [6.07, 6.45) is 5.00. The van der Waals surface area contributed by atoms with E-state index in [1.165, 1.54) is 4.68 Å². The van der Waals surface area contributed by atoms with E-state index in [4.69, 9.17) is 14.6 Å². The standard InChI is InChI=1S/C38H30N4O5.ClH/c1-46-33-17-27-16-28(21-43)32(22-44)36(31(27)19-34(33)47-23-24-8-3-2-4-9-24)25-13-15-40-35(18-25)42-38(45)30-12-6-5-11-29(30)37(41-42)26-10-7-14-39-20-26;/h2-20,43-44H,21-23H2,1H3;1H. The van der Waals surface area contributed by atoms with Gasteiger partial charge >= 0.3 is 0 Å². The summed E-state index contributed by atoms with van der Waals surface area (Å²) in [6.45, 7) is -0.287. The van der Waals surface area contributed by atoms with Crippen LogP contribution in [0.5, 0.6) is 11.5 Å². The first-order valence-corrected chi connectivity index (χ1v) is 15.0. The molecule has 0 aliphatic heterocycles. The van der Waals surface area contributed by atoms with Crippen molar-refractivity contribution in [2.45, 2.75) is 19.8 Å². The SMILES string of the molecule is COc1cc2cc(CO)c(CO)c(-c3ccnc(-n4nc(-c5cccnc5)c5ccccc5c4=O)c3)c2cc1OCc1ccccc1.Cl. The Kier molecular flexibility index (Phi) is 9.45. The molecular formula is C38H31ClN4O5. The number of ether oxygens (including phenoxy) is 2. The van der Waals surface area contributed by atoms with Crippen LogP contribution < -0.4 is 15.0 Å². The summed E-state index contributed by atoms with van der Waals surface area (Å²) in [7, 11) is 1.58. The fourth-order valence-electron chi connectivity index (χ4n) is 5.92. The second-order valence-electron chi connectivity index (χ2n) is 11.0. The van der Waals surface area contributed by atoms with Crippen molar-refractivity contribution in [3.63, 3.8) is 0 Å². The molecule has 0 bridgehead atoms. The van der Waals surface area contributed by atoms with E-state index < -0.39 is 0 Å². The van der Waals surface area contributed by atoms with Crippen LogP contribution in [-0.4, -0.2) is 37.1 Å². The van der Waals surface area contributed by atoms with Gasteiger partial charge < -0.3 is 19.7 Å². The molecule has 48 heavy (non-hydrogen) atoms. The average Bonchev–Trinajstić information content (AvgIpc) is 3.13. The van der Waals surface area contributed by atoms with Crippen molar-refractivity contribution in [2.75, 3.05) is 7.11 Å². The van der Waals surface area contributed by atoms with Crippen molar-refractivity contribution >= 4 is 34.0 Å². The highest BCUT2D eigenvalue weighted by atomic mass is 35.5. The summed E-state index contributed by atoms with van der Waals surface area (Å²) in [5.41, 5.74) is 4.48. The average molecular weight is 659 g/mol. The minimum Gasteiger partial charge on any atom is -0.493 e. The van der Waals surface area contributed by atoms with Crippen LogP contribution in [-0.2, 0) is 19.8 Å². The van der Waals surface area contributed by atoms with Gasteiger partial charge in [0.2, 0.25) is 0 Å². The molecule has 0 fully saturated rings. The predicted molar refractivity (Wildman–Crippen MR) is 188 cm³/mol. The van der Waals surface area contributed by atoms with Gasteiger partial charge in [-0.15, -0.1) is 12.4 Å². The fraction of sp³-hybridized carbons (Fsp3) is 0.105. The van der Waals surface area contributed by atoms with Crippen LogP contribution in [0.4, 0.5) is 0 Å². The summed E-state index contributed by atoms with van der Waals surface area (Å²) >= 11 is 0. The largest absolute Gasteiger partial charge is 0.493 e. The molecule has 4 aromatic carbocycles. The lowest BCUT2D eigenvalue weighted by Gasteiger charge is -2.19. The van der Waals surface area contributed by atoms with Crippen LogP contribution in [0.2, 0.25) is 0 Å². The molecule has 7 rings (SSSR count). The fourth-order valence-corrected chi connectivity index (χ4v) is 5.92. The van der Waals surface area contributed by atoms with Crippen LogP contribution in [0.15, 0.2) is 120 Å². The van der Waals surface area contributed by atoms with Crippen molar-refractivity contribution in [3.05, 3.63) is 143 Å². The van der Waals surface area contributed by atoms with Gasteiger partial charge in [0.1, 0.15) is 12.3 Å². The Morgan fingerprint density at radius 3 is 2.29 bits per heavy atom. The third kappa shape index (κ3) is 5.98. The molecule has 3 heterocycles. The smallest absolute Gasteiger partial charge is 0.280 e. The van der Waals surface area contributed by atoms with Gasteiger partial charge in [-0.2, -0.15) is 9.78 Å². The highest BCUT2D eigenvalue weighted by molar-refractivity contribution is 6.01. The molecule has 2 N–H and O–H groups in total. The maximum absolute atomic E-state index is 13.8. The third-order valence-corrected chi connectivity index (χ3v) is 8.18. The van der Waals surface area contributed by atoms with Crippen molar-refractivity contribution < 1.29 is 19.7 Å². The third-order valence-electron chi connectivity index (χ3n) is 8.18. The molecular weight excluding hydrogens is 628 g/mol. The van der Waals surface area contributed by atoms with Gasteiger partial charge in [-0.1, -0.05) is 48.5 Å². The topological polar surface area (TPSA) is 120 Å². The predicted octanol–water partition coefficient (Wildman–Crippen LogP) is 6.66. The van der Waals surface area contributed by atoms with Gasteiger partial charge in [-0.05, 0) is 87.1 Å². The van der Waals surface area contributed by atoms with Gasteiger partial charge in [-0.3, -0.25) is 9.78 Å². The van der Waals surface area contributed by atoms with Gasteiger partial charge in [0, 0.05) is 29.5 Å². The van der Waals surface area contributed by atoms with Gasteiger partial charge in [-0.25, -0.2) is 4.98 Å². The zero-order valence-electron chi connectivity index (χ0n) is 25.9. The molecule has 0 atom stereocenters.